The molecule has 0 fully saturated rings. The zero-order valence-corrected chi connectivity index (χ0v) is 32.8. The van der Waals surface area contributed by atoms with Crippen LogP contribution in [-0.2, 0) is 0 Å². The van der Waals surface area contributed by atoms with E-state index in [2.05, 4.69) is 214 Å². The van der Waals surface area contributed by atoms with Crippen molar-refractivity contribution in [3.63, 3.8) is 0 Å². The average Bonchev–Trinajstić information content (AvgIpc) is 4.01. The highest BCUT2D eigenvalue weighted by Crippen LogP contribution is 2.40. The molecule has 0 saturated heterocycles. The highest BCUT2D eigenvalue weighted by molar-refractivity contribution is 6.10. The van der Waals surface area contributed by atoms with Gasteiger partial charge in [0.15, 0.2) is 5.82 Å². The number of rotatable bonds is 7. The van der Waals surface area contributed by atoms with E-state index in [0.717, 1.165) is 88.8 Å². The normalized spacial score (nSPS) is 11.6. The zero-order valence-electron chi connectivity index (χ0n) is 32.8. The quantitative estimate of drug-likeness (QED) is 0.161. The first-order chi connectivity index (χ1) is 30.3. The predicted molar refractivity (Wildman–Crippen MR) is 247 cm³/mol. The lowest BCUT2D eigenvalue weighted by atomic mass is 10.0. The molecular formula is C54H35N7. The van der Waals surface area contributed by atoms with E-state index < -0.39 is 0 Å². The van der Waals surface area contributed by atoms with Gasteiger partial charge in [0, 0.05) is 49.5 Å². The molecule has 0 atom stereocenters. The summed E-state index contributed by atoms with van der Waals surface area (Å²) in [6, 6.07) is 73.7. The molecule has 12 aromatic rings. The van der Waals surface area contributed by atoms with Crippen LogP contribution in [0.3, 0.4) is 0 Å². The first-order valence-electron chi connectivity index (χ1n) is 20.4. The number of benzene rings is 8. The van der Waals surface area contributed by atoms with Gasteiger partial charge in [-0.25, -0.2) is 4.98 Å². The van der Waals surface area contributed by atoms with Gasteiger partial charge < -0.3 is 0 Å². The molecule has 12 rings (SSSR count). The Morgan fingerprint density at radius 1 is 0.295 bits per heavy atom. The maximum absolute atomic E-state index is 5.43. The fraction of sp³-hybridized carbons (Fsp3) is 0. The summed E-state index contributed by atoms with van der Waals surface area (Å²) in [4.78, 5) is 21.5. The van der Waals surface area contributed by atoms with Gasteiger partial charge in [0.05, 0.1) is 33.5 Å². The molecule has 286 valence electrons. The van der Waals surface area contributed by atoms with Crippen molar-refractivity contribution in [3.05, 3.63) is 212 Å². The average molecular weight is 782 g/mol. The van der Waals surface area contributed by atoms with E-state index in [1.165, 1.54) is 0 Å². The topological polar surface area (TPSA) is 66.3 Å². The molecule has 7 heteroatoms. The van der Waals surface area contributed by atoms with Crippen molar-refractivity contribution in [2.45, 2.75) is 0 Å². The van der Waals surface area contributed by atoms with Crippen LogP contribution in [-0.4, -0.2) is 33.6 Å². The molecule has 0 radical (unpaired) electrons. The highest BCUT2D eigenvalue weighted by Gasteiger charge is 2.24. The van der Waals surface area contributed by atoms with Gasteiger partial charge in [0.25, 0.3) is 0 Å². The molecule has 61 heavy (non-hydrogen) atoms. The maximum atomic E-state index is 5.43. The minimum absolute atomic E-state index is 0.536. The fourth-order valence-electron chi connectivity index (χ4n) is 8.86. The number of hydrogen-bond donors (Lipinski definition) is 0. The van der Waals surface area contributed by atoms with Gasteiger partial charge >= 0.3 is 0 Å². The Balaban J connectivity index is 1.14. The highest BCUT2D eigenvalue weighted by atomic mass is 15.3. The molecule has 0 unspecified atom stereocenters. The number of hydrogen-bond acceptors (Lipinski definition) is 4. The Labute approximate surface area is 351 Å². The standard InChI is InChI=1S/C54H35N7/c1-4-19-36(20-5-1)49-50(37-21-6-2-7-22-37)59(52(55-49)38-23-8-3-9-24-38)40-26-18-25-39(35-40)51-56-53(60-45-31-14-10-27-41(45)42-28-11-15-32-46(42)60)58-54(57-51)61-47-33-16-12-29-43(47)44-30-13-17-34-48(44)61/h1-35H. The van der Waals surface area contributed by atoms with E-state index in [1.807, 2.05) is 12.1 Å². The second kappa shape index (κ2) is 14.1. The molecule has 0 spiro atoms. The second-order valence-electron chi connectivity index (χ2n) is 15.1. The van der Waals surface area contributed by atoms with Crippen LogP contribution in [0.15, 0.2) is 212 Å². The third-order valence-electron chi connectivity index (χ3n) is 11.5. The molecule has 4 aromatic heterocycles. The van der Waals surface area contributed by atoms with Gasteiger partial charge in [-0.1, -0.05) is 176 Å². The number of aromatic nitrogens is 7. The van der Waals surface area contributed by atoms with E-state index in [-0.39, 0.29) is 0 Å². The van der Waals surface area contributed by atoms with Crippen molar-refractivity contribution in [1.82, 2.24) is 33.6 Å². The van der Waals surface area contributed by atoms with Crippen molar-refractivity contribution in [1.29, 1.82) is 0 Å². The van der Waals surface area contributed by atoms with Gasteiger partial charge in [-0.3, -0.25) is 13.7 Å². The Morgan fingerprint density at radius 3 is 1.20 bits per heavy atom. The molecular weight excluding hydrogens is 747 g/mol. The van der Waals surface area contributed by atoms with Gasteiger partial charge in [-0.2, -0.15) is 15.0 Å². The summed E-state index contributed by atoms with van der Waals surface area (Å²) < 4.78 is 6.61. The van der Waals surface area contributed by atoms with Crippen LogP contribution in [0.25, 0.3) is 106 Å². The third kappa shape index (κ3) is 5.67. The van der Waals surface area contributed by atoms with Gasteiger partial charge in [0.2, 0.25) is 11.9 Å². The van der Waals surface area contributed by atoms with Crippen molar-refractivity contribution < 1.29 is 0 Å². The van der Waals surface area contributed by atoms with Crippen LogP contribution in [0.1, 0.15) is 0 Å². The van der Waals surface area contributed by atoms with Crippen LogP contribution in [0, 0.1) is 0 Å². The number of imidazole rings is 1. The van der Waals surface area contributed by atoms with Gasteiger partial charge in [-0.15, -0.1) is 0 Å². The summed E-state index contributed by atoms with van der Waals surface area (Å²) >= 11 is 0. The van der Waals surface area contributed by atoms with E-state index >= 15 is 0 Å². The van der Waals surface area contributed by atoms with E-state index in [4.69, 9.17) is 19.9 Å². The zero-order chi connectivity index (χ0) is 40.3. The summed E-state index contributed by atoms with van der Waals surface area (Å²) in [6.07, 6.45) is 0. The lowest BCUT2D eigenvalue weighted by molar-refractivity contribution is 0.892. The Morgan fingerprint density at radius 2 is 0.705 bits per heavy atom. The first-order valence-corrected chi connectivity index (χ1v) is 20.4. The molecule has 0 N–H and O–H groups in total. The third-order valence-corrected chi connectivity index (χ3v) is 11.5. The summed E-state index contributed by atoms with van der Waals surface area (Å²) in [6.45, 7) is 0. The molecule has 0 aliphatic heterocycles. The minimum Gasteiger partial charge on any atom is -0.292 e. The molecule has 0 amide bonds. The molecule has 0 aliphatic carbocycles. The summed E-state index contributed by atoms with van der Waals surface area (Å²) in [7, 11) is 0. The lowest BCUT2D eigenvalue weighted by Gasteiger charge is -2.16. The van der Waals surface area contributed by atoms with Crippen LogP contribution in [0.5, 0.6) is 0 Å². The molecule has 7 nitrogen and oxygen atoms in total. The number of fused-ring (bicyclic) bond motifs is 6. The molecule has 0 saturated carbocycles. The van der Waals surface area contributed by atoms with Crippen LogP contribution in [0.4, 0.5) is 0 Å². The second-order valence-corrected chi connectivity index (χ2v) is 15.1. The summed E-state index contributed by atoms with van der Waals surface area (Å²) in [5, 5.41) is 4.54. The van der Waals surface area contributed by atoms with Crippen molar-refractivity contribution in [2.24, 2.45) is 0 Å². The number of para-hydroxylation sites is 4. The monoisotopic (exact) mass is 781 g/mol. The van der Waals surface area contributed by atoms with Crippen molar-refractivity contribution in [3.8, 4) is 62.9 Å². The van der Waals surface area contributed by atoms with Crippen molar-refractivity contribution in [2.75, 3.05) is 0 Å². The lowest BCUT2D eigenvalue weighted by Crippen LogP contribution is -2.10. The van der Waals surface area contributed by atoms with Crippen LogP contribution in [0.2, 0.25) is 0 Å². The first kappa shape index (κ1) is 34.6. The summed E-state index contributed by atoms with van der Waals surface area (Å²) in [5.41, 5.74) is 10.9. The van der Waals surface area contributed by atoms with Crippen molar-refractivity contribution >= 4 is 43.6 Å². The molecule has 0 bridgehead atoms. The molecule has 0 aliphatic rings. The van der Waals surface area contributed by atoms with Gasteiger partial charge in [0.1, 0.15) is 5.82 Å². The summed E-state index contributed by atoms with van der Waals surface area (Å²) in [5.74, 6) is 2.46. The molecule has 4 heterocycles. The Hall–Kier alpha value is -8.42. The fourth-order valence-corrected chi connectivity index (χ4v) is 8.86. The number of nitrogens with zero attached hydrogens (tertiary/aromatic N) is 7. The predicted octanol–water partition coefficient (Wildman–Crippen LogP) is 12.9. The van der Waals surface area contributed by atoms with Gasteiger partial charge in [-0.05, 0) is 36.4 Å². The van der Waals surface area contributed by atoms with Crippen LogP contribution < -0.4 is 0 Å². The van der Waals surface area contributed by atoms with E-state index in [9.17, 15) is 0 Å². The largest absolute Gasteiger partial charge is 0.292 e. The smallest absolute Gasteiger partial charge is 0.240 e. The van der Waals surface area contributed by atoms with E-state index in [1.54, 1.807) is 0 Å². The van der Waals surface area contributed by atoms with E-state index in [0.29, 0.717) is 17.7 Å². The SMILES string of the molecule is c1ccc(-c2nc(-c3ccccc3)n(-c3cccc(-c4nc(-n5c6ccccc6c6ccccc65)nc(-n5c6ccccc6c6ccccc65)n4)c3)c2-c2ccccc2)cc1. The minimum atomic E-state index is 0.536. The Bertz CT molecular complexity index is 3350. The van der Waals surface area contributed by atoms with Crippen LogP contribution >= 0.6 is 0 Å². The molecule has 8 aromatic carbocycles. The maximum Gasteiger partial charge on any atom is 0.240 e. The Kier molecular flexibility index (Phi) is 8.03.